The van der Waals surface area contributed by atoms with Gasteiger partial charge < -0.3 is 10.1 Å². The summed E-state index contributed by atoms with van der Waals surface area (Å²) in [6, 6.07) is 16.2. The summed E-state index contributed by atoms with van der Waals surface area (Å²) in [5, 5.41) is 2.63. The lowest BCUT2D eigenvalue weighted by molar-refractivity contribution is -0.150. The molecule has 0 aliphatic rings. The number of rotatable bonds is 7. The number of carbonyl (C=O) groups is 3. The number of benzene rings is 2. The summed E-state index contributed by atoms with van der Waals surface area (Å²) in [6.45, 7) is 2.92. The second kappa shape index (κ2) is 9.03. The van der Waals surface area contributed by atoms with Gasteiger partial charge >= 0.3 is 5.97 Å². The van der Waals surface area contributed by atoms with Crippen molar-refractivity contribution in [2.75, 3.05) is 11.1 Å². The third-order valence-corrected chi connectivity index (χ3v) is 4.33. The van der Waals surface area contributed by atoms with Crippen LogP contribution in [0.4, 0.5) is 5.69 Å². The number of thioether (sulfide) groups is 1. The zero-order valence-corrected chi connectivity index (χ0v) is 14.8. The first-order valence-corrected chi connectivity index (χ1v) is 8.74. The summed E-state index contributed by atoms with van der Waals surface area (Å²) >= 11 is 1.34. The fraction of sp³-hybridized carbons (Fsp3) is 0.211. The molecule has 0 heterocycles. The van der Waals surface area contributed by atoms with Gasteiger partial charge in [0.25, 0.3) is 5.91 Å². The average molecular weight is 357 g/mol. The number of carbonyl (C=O) groups excluding carboxylic acids is 3. The largest absolute Gasteiger partial charge is 0.452 e. The van der Waals surface area contributed by atoms with Crippen LogP contribution < -0.4 is 5.32 Å². The van der Waals surface area contributed by atoms with Crippen LogP contribution in [0.3, 0.4) is 0 Å². The molecule has 2 aromatic carbocycles. The minimum atomic E-state index is -0.955. The van der Waals surface area contributed by atoms with Crippen LogP contribution in [0.25, 0.3) is 0 Å². The van der Waals surface area contributed by atoms with Gasteiger partial charge in [0.2, 0.25) is 0 Å². The van der Waals surface area contributed by atoms with E-state index >= 15 is 0 Å². The lowest BCUT2D eigenvalue weighted by Gasteiger charge is -2.15. The Kier molecular flexibility index (Phi) is 6.77. The molecule has 0 spiro atoms. The fourth-order valence-corrected chi connectivity index (χ4v) is 2.78. The number of ether oxygens (including phenoxy) is 1. The summed E-state index contributed by atoms with van der Waals surface area (Å²) in [4.78, 5) is 36.6. The molecule has 130 valence electrons. The Morgan fingerprint density at radius 3 is 2.36 bits per heavy atom. The standard InChI is InChI=1S/C19H19NO4S/c1-13(21)16-10-6-7-11-17(16)20-19(23)14(2)24-18(22)12-25-15-8-4-3-5-9-15/h3-11,14H,12H2,1-2H3,(H,20,23)/t14-/m0/s1. The van der Waals surface area contributed by atoms with Gasteiger partial charge in [0.1, 0.15) is 0 Å². The monoisotopic (exact) mass is 357 g/mol. The lowest BCUT2D eigenvalue weighted by Crippen LogP contribution is -2.31. The van der Waals surface area contributed by atoms with Crippen LogP contribution in [0.5, 0.6) is 0 Å². The van der Waals surface area contributed by atoms with Crippen LogP contribution in [0, 0.1) is 0 Å². The Morgan fingerprint density at radius 2 is 1.68 bits per heavy atom. The van der Waals surface area contributed by atoms with Crippen molar-refractivity contribution < 1.29 is 19.1 Å². The fourth-order valence-electron chi connectivity index (χ4n) is 2.08. The van der Waals surface area contributed by atoms with Crippen molar-refractivity contribution in [2.45, 2.75) is 24.8 Å². The Morgan fingerprint density at radius 1 is 1.04 bits per heavy atom. The topological polar surface area (TPSA) is 72.5 Å². The molecule has 0 unspecified atom stereocenters. The Labute approximate surface area is 150 Å². The summed E-state index contributed by atoms with van der Waals surface area (Å²) in [7, 11) is 0. The molecule has 25 heavy (non-hydrogen) atoms. The van der Waals surface area contributed by atoms with Crippen molar-refractivity contribution >= 4 is 35.1 Å². The Balaban J connectivity index is 1.88. The smallest absolute Gasteiger partial charge is 0.317 e. The molecule has 1 amide bonds. The highest BCUT2D eigenvalue weighted by molar-refractivity contribution is 8.00. The van der Waals surface area contributed by atoms with Gasteiger partial charge in [-0.05, 0) is 38.1 Å². The van der Waals surface area contributed by atoms with Gasteiger partial charge in [-0.1, -0.05) is 30.3 Å². The van der Waals surface area contributed by atoms with Crippen LogP contribution in [0.15, 0.2) is 59.5 Å². The molecule has 6 heteroatoms. The number of Topliss-reactive ketones (excluding diaryl/α,β-unsaturated/α-hetero) is 1. The van der Waals surface area contributed by atoms with E-state index in [1.165, 1.54) is 25.6 Å². The van der Waals surface area contributed by atoms with Crippen LogP contribution >= 0.6 is 11.8 Å². The number of anilines is 1. The van der Waals surface area contributed by atoms with E-state index in [1.807, 2.05) is 30.3 Å². The van der Waals surface area contributed by atoms with Crippen molar-refractivity contribution in [2.24, 2.45) is 0 Å². The number of hydrogen-bond donors (Lipinski definition) is 1. The van der Waals surface area contributed by atoms with Gasteiger partial charge in [-0.25, -0.2) is 0 Å². The zero-order valence-electron chi connectivity index (χ0n) is 14.0. The van der Waals surface area contributed by atoms with Gasteiger partial charge in [0, 0.05) is 10.5 Å². The number of nitrogens with one attached hydrogen (secondary N) is 1. The van der Waals surface area contributed by atoms with E-state index in [0.717, 1.165) is 4.90 Å². The van der Waals surface area contributed by atoms with E-state index in [2.05, 4.69) is 5.32 Å². The molecule has 0 saturated heterocycles. The maximum absolute atomic E-state index is 12.2. The molecule has 0 aliphatic heterocycles. The van der Waals surface area contributed by atoms with Gasteiger partial charge in [-0.15, -0.1) is 11.8 Å². The van der Waals surface area contributed by atoms with E-state index < -0.39 is 18.0 Å². The van der Waals surface area contributed by atoms with Crippen LogP contribution in [0.1, 0.15) is 24.2 Å². The summed E-state index contributed by atoms with van der Waals surface area (Å²) in [5.74, 6) is -0.992. The van der Waals surface area contributed by atoms with Crippen molar-refractivity contribution in [1.82, 2.24) is 0 Å². The van der Waals surface area contributed by atoms with E-state index in [-0.39, 0.29) is 11.5 Å². The van der Waals surface area contributed by atoms with E-state index in [9.17, 15) is 14.4 Å². The molecule has 0 aliphatic carbocycles. The SMILES string of the molecule is CC(=O)c1ccccc1NC(=O)[C@H](C)OC(=O)CSc1ccccc1. The van der Waals surface area contributed by atoms with E-state index in [1.54, 1.807) is 24.3 Å². The average Bonchev–Trinajstić information content (AvgIpc) is 2.61. The predicted octanol–water partition coefficient (Wildman–Crippen LogP) is 3.55. The van der Waals surface area contributed by atoms with Crippen molar-refractivity contribution in [3.63, 3.8) is 0 Å². The highest BCUT2D eigenvalue weighted by Gasteiger charge is 2.19. The zero-order chi connectivity index (χ0) is 18.2. The maximum atomic E-state index is 12.2. The third-order valence-electron chi connectivity index (χ3n) is 3.34. The normalized spacial score (nSPS) is 11.4. The molecule has 2 rings (SSSR count). The Hall–Kier alpha value is -2.60. The van der Waals surface area contributed by atoms with Gasteiger partial charge in [0.05, 0.1) is 11.4 Å². The third kappa shape index (κ3) is 5.76. The van der Waals surface area contributed by atoms with Gasteiger partial charge in [-0.2, -0.15) is 0 Å². The number of esters is 1. The molecule has 1 N–H and O–H groups in total. The van der Waals surface area contributed by atoms with Crippen molar-refractivity contribution in [3.05, 3.63) is 60.2 Å². The molecule has 1 atom stereocenters. The highest BCUT2D eigenvalue weighted by atomic mass is 32.2. The summed E-state index contributed by atoms with van der Waals surface area (Å²) in [6.07, 6.45) is -0.955. The van der Waals surface area contributed by atoms with Crippen LogP contribution in [0.2, 0.25) is 0 Å². The van der Waals surface area contributed by atoms with Crippen molar-refractivity contribution in [1.29, 1.82) is 0 Å². The molecule has 0 saturated carbocycles. The molecule has 0 bridgehead atoms. The first kappa shape index (κ1) is 18.7. The second-order valence-corrected chi connectivity index (χ2v) is 6.37. The highest BCUT2D eigenvalue weighted by Crippen LogP contribution is 2.18. The maximum Gasteiger partial charge on any atom is 0.317 e. The number of amides is 1. The quantitative estimate of drug-likeness (QED) is 0.466. The Bertz CT molecular complexity index is 761. The molecule has 0 aromatic heterocycles. The molecular weight excluding hydrogens is 338 g/mol. The number of ketones is 1. The number of para-hydroxylation sites is 1. The summed E-state index contributed by atoms with van der Waals surface area (Å²) < 4.78 is 5.15. The molecular formula is C19H19NO4S. The first-order valence-electron chi connectivity index (χ1n) is 7.75. The van der Waals surface area contributed by atoms with E-state index in [0.29, 0.717) is 11.3 Å². The van der Waals surface area contributed by atoms with E-state index in [4.69, 9.17) is 4.74 Å². The van der Waals surface area contributed by atoms with Crippen molar-refractivity contribution in [3.8, 4) is 0 Å². The molecule has 2 aromatic rings. The predicted molar refractivity (Wildman–Crippen MR) is 97.8 cm³/mol. The molecule has 5 nitrogen and oxygen atoms in total. The lowest BCUT2D eigenvalue weighted by atomic mass is 10.1. The first-order chi connectivity index (χ1) is 12.0. The molecule has 0 radical (unpaired) electrons. The van der Waals surface area contributed by atoms with Crippen LogP contribution in [-0.2, 0) is 14.3 Å². The minimum absolute atomic E-state index is 0.117. The van der Waals surface area contributed by atoms with Crippen LogP contribution in [-0.4, -0.2) is 29.5 Å². The number of hydrogen-bond acceptors (Lipinski definition) is 5. The molecule has 0 fully saturated rings. The minimum Gasteiger partial charge on any atom is -0.452 e. The second-order valence-electron chi connectivity index (χ2n) is 5.32. The van der Waals surface area contributed by atoms with Gasteiger partial charge in [0.15, 0.2) is 11.9 Å². The summed E-state index contributed by atoms with van der Waals surface area (Å²) in [5.41, 5.74) is 0.815. The van der Waals surface area contributed by atoms with Gasteiger partial charge in [-0.3, -0.25) is 14.4 Å².